The van der Waals surface area contributed by atoms with Gasteiger partial charge in [0.15, 0.2) is 5.82 Å². The van der Waals surface area contributed by atoms with Crippen molar-refractivity contribution in [2.24, 2.45) is 0 Å². The van der Waals surface area contributed by atoms with E-state index in [4.69, 9.17) is 5.73 Å². The van der Waals surface area contributed by atoms with Crippen LogP contribution in [0.3, 0.4) is 0 Å². The molecular formula is C21H24N6O. The Morgan fingerprint density at radius 2 is 2.00 bits per heavy atom. The quantitative estimate of drug-likeness (QED) is 0.594. The first kappa shape index (κ1) is 18.0. The van der Waals surface area contributed by atoms with E-state index in [0.717, 1.165) is 47.0 Å². The Morgan fingerprint density at radius 3 is 2.82 bits per heavy atom. The van der Waals surface area contributed by atoms with Gasteiger partial charge in [0.05, 0.1) is 0 Å². The highest BCUT2D eigenvalue weighted by Crippen LogP contribution is 2.25. The van der Waals surface area contributed by atoms with E-state index in [1.165, 1.54) is 11.1 Å². The first-order chi connectivity index (χ1) is 13.5. The van der Waals surface area contributed by atoms with Crippen LogP contribution in [0.4, 0.5) is 17.3 Å². The van der Waals surface area contributed by atoms with Crippen molar-refractivity contribution in [3.05, 3.63) is 64.5 Å². The topological polar surface area (TPSA) is 99.9 Å². The molecule has 0 aliphatic carbocycles. The molecule has 0 spiro atoms. The minimum absolute atomic E-state index is 0.0815. The van der Waals surface area contributed by atoms with Crippen LogP contribution < -0.4 is 11.1 Å². The van der Waals surface area contributed by atoms with Crippen molar-refractivity contribution in [3.8, 4) is 0 Å². The Balaban J connectivity index is 1.40. The Bertz CT molecular complexity index is 1030. The number of fused-ring (bicyclic) bond motifs is 1. The molecule has 7 heteroatoms. The summed E-state index contributed by atoms with van der Waals surface area (Å²) in [7, 11) is 0. The number of aryl methyl sites for hydroxylation is 3. The van der Waals surface area contributed by atoms with Crippen molar-refractivity contribution in [1.29, 1.82) is 0 Å². The highest BCUT2D eigenvalue weighted by atomic mass is 16.2. The van der Waals surface area contributed by atoms with Crippen molar-refractivity contribution in [3.63, 3.8) is 0 Å². The molecule has 28 heavy (non-hydrogen) atoms. The molecule has 144 valence electrons. The van der Waals surface area contributed by atoms with E-state index < -0.39 is 0 Å². The van der Waals surface area contributed by atoms with Crippen LogP contribution >= 0.6 is 0 Å². The molecular weight excluding hydrogens is 352 g/mol. The minimum Gasteiger partial charge on any atom is -0.399 e. The Labute approximate surface area is 164 Å². The molecule has 0 unspecified atom stereocenters. The number of pyridine rings is 1. The van der Waals surface area contributed by atoms with Gasteiger partial charge in [-0.15, -0.1) is 0 Å². The SMILES string of the molecule is CC(=O)N1Cc2cnc(Nc3cc(CCc4cc(N)ccc4C)[nH]n3)cc2C1. The third-order valence-electron chi connectivity index (χ3n) is 5.17. The number of benzene rings is 1. The first-order valence-corrected chi connectivity index (χ1v) is 9.37. The molecule has 0 saturated carbocycles. The van der Waals surface area contributed by atoms with E-state index in [1.54, 1.807) is 11.8 Å². The zero-order valence-electron chi connectivity index (χ0n) is 16.1. The molecule has 0 atom stereocenters. The molecule has 4 rings (SSSR count). The van der Waals surface area contributed by atoms with E-state index in [2.05, 4.69) is 33.5 Å². The summed E-state index contributed by atoms with van der Waals surface area (Å²) < 4.78 is 0. The van der Waals surface area contributed by atoms with Gasteiger partial charge in [-0.25, -0.2) is 4.98 Å². The van der Waals surface area contributed by atoms with Crippen molar-refractivity contribution in [2.75, 3.05) is 11.1 Å². The Hall–Kier alpha value is -3.35. The number of nitrogens with zero attached hydrogens (tertiary/aromatic N) is 3. The van der Waals surface area contributed by atoms with E-state index >= 15 is 0 Å². The molecule has 3 aromatic rings. The van der Waals surface area contributed by atoms with E-state index in [1.807, 2.05) is 30.5 Å². The van der Waals surface area contributed by atoms with Crippen LogP contribution in [0.5, 0.6) is 0 Å². The smallest absolute Gasteiger partial charge is 0.220 e. The zero-order chi connectivity index (χ0) is 19.7. The molecule has 4 N–H and O–H groups in total. The number of nitrogens with two attached hydrogens (primary N) is 1. The van der Waals surface area contributed by atoms with Gasteiger partial charge in [-0.1, -0.05) is 6.07 Å². The van der Waals surface area contributed by atoms with Crippen molar-refractivity contribution in [2.45, 2.75) is 39.8 Å². The van der Waals surface area contributed by atoms with Crippen LogP contribution in [0, 0.1) is 6.92 Å². The van der Waals surface area contributed by atoms with Crippen LogP contribution in [0.2, 0.25) is 0 Å². The fraction of sp³-hybridized carbons (Fsp3) is 0.286. The number of carbonyl (C=O) groups excluding carboxylic acids is 1. The maximum Gasteiger partial charge on any atom is 0.220 e. The van der Waals surface area contributed by atoms with Gasteiger partial charge in [0, 0.05) is 43.7 Å². The van der Waals surface area contributed by atoms with Gasteiger partial charge in [-0.05, 0) is 60.2 Å². The molecule has 0 saturated heterocycles. The summed E-state index contributed by atoms with van der Waals surface area (Å²) in [4.78, 5) is 17.8. The van der Waals surface area contributed by atoms with Crippen LogP contribution in [0.25, 0.3) is 0 Å². The molecule has 1 amide bonds. The average Bonchev–Trinajstić information content (AvgIpc) is 3.29. The number of aromatic nitrogens is 3. The van der Waals surface area contributed by atoms with Crippen molar-refractivity contribution in [1.82, 2.24) is 20.1 Å². The zero-order valence-corrected chi connectivity index (χ0v) is 16.1. The number of H-pyrrole nitrogens is 1. The number of amides is 1. The van der Waals surface area contributed by atoms with Crippen LogP contribution in [0.15, 0.2) is 36.5 Å². The first-order valence-electron chi connectivity index (χ1n) is 9.37. The largest absolute Gasteiger partial charge is 0.399 e. The second kappa shape index (κ2) is 7.34. The molecule has 1 aliphatic heterocycles. The number of rotatable bonds is 5. The van der Waals surface area contributed by atoms with Gasteiger partial charge < -0.3 is 16.0 Å². The lowest BCUT2D eigenvalue weighted by atomic mass is 10.0. The normalized spacial score (nSPS) is 12.9. The number of hydrogen-bond donors (Lipinski definition) is 3. The molecule has 0 bridgehead atoms. The predicted octanol–water partition coefficient (Wildman–Crippen LogP) is 3.09. The van der Waals surface area contributed by atoms with Gasteiger partial charge in [0.25, 0.3) is 0 Å². The van der Waals surface area contributed by atoms with Gasteiger partial charge >= 0.3 is 0 Å². The minimum atomic E-state index is 0.0815. The second-order valence-electron chi connectivity index (χ2n) is 7.30. The van der Waals surface area contributed by atoms with Crippen LogP contribution in [-0.2, 0) is 30.7 Å². The summed E-state index contributed by atoms with van der Waals surface area (Å²) in [6.07, 6.45) is 3.58. The standard InChI is InChI=1S/C21H24N6O/c1-13-3-5-18(22)7-15(13)4-6-19-9-21(26-25-19)24-20-8-16-11-27(14(2)28)12-17(16)10-23-20/h3,5,7-10H,4,6,11-12,22H2,1-2H3,(H2,23,24,25,26). The fourth-order valence-electron chi connectivity index (χ4n) is 3.49. The number of anilines is 3. The summed E-state index contributed by atoms with van der Waals surface area (Å²) in [6.45, 7) is 4.96. The third-order valence-corrected chi connectivity index (χ3v) is 5.17. The average molecular weight is 376 g/mol. The third kappa shape index (κ3) is 3.83. The molecule has 3 heterocycles. The molecule has 7 nitrogen and oxygen atoms in total. The summed E-state index contributed by atoms with van der Waals surface area (Å²) in [5.41, 5.74) is 12.4. The number of hydrogen-bond acceptors (Lipinski definition) is 5. The number of aromatic amines is 1. The van der Waals surface area contributed by atoms with Crippen LogP contribution in [0.1, 0.15) is 34.9 Å². The fourth-order valence-corrected chi connectivity index (χ4v) is 3.49. The highest BCUT2D eigenvalue weighted by molar-refractivity contribution is 5.74. The number of carbonyl (C=O) groups is 1. The Kier molecular flexibility index (Phi) is 4.73. The molecule has 0 radical (unpaired) electrons. The molecule has 0 fully saturated rings. The lowest BCUT2D eigenvalue weighted by Gasteiger charge is -2.10. The number of nitrogens with one attached hydrogen (secondary N) is 2. The lowest BCUT2D eigenvalue weighted by Crippen LogP contribution is -2.21. The maximum absolute atomic E-state index is 11.6. The van der Waals surface area contributed by atoms with Crippen LogP contribution in [-0.4, -0.2) is 26.0 Å². The van der Waals surface area contributed by atoms with E-state index in [-0.39, 0.29) is 5.91 Å². The van der Waals surface area contributed by atoms with E-state index in [0.29, 0.717) is 13.1 Å². The maximum atomic E-state index is 11.6. The lowest BCUT2D eigenvalue weighted by molar-refractivity contribution is -0.129. The van der Waals surface area contributed by atoms with Gasteiger partial charge in [-0.3, -0.25) is 9.89 Å². The Morgan fingerprint density at radius 1 is 1.18 bits per heavy atom. The monoisotopic (exact) mass is 376 g/mol. The van der Waals surface area contributed by atoms with Gasteiger partial charge in [0.2, 0.25) is 5.91 Å². The summed E-state index contributed by atoms with van der Waals surface area (Å²) >= 11 is 0. The van der Waals surface area contributed by atoms with Gasteiger partial charge in [-0.2, -0.15) is 5.10 Å². The molecule has 2 aromatic heterocycles. The predicted molar refractivity (Wildman–Crippen MR) is 109 cm³/mol. The molecule has 1 aliphatic rings. The summed E-state index contributed by atoms with van der Waals surface area (Å²) in [5.74, 6) is 1.54. The van der Waals surface area contributed by atoms with Crippen molar-refractivity contribution >= 4 is 23.2 Å². The molecule has 1 aromatic carbocycles. The number of nitrogen functional groups attached to an aromatic ring is 1. The summed E-state index contributed by atoms with van der Waals surface area (Å²) in [5, 5.41) is 10.7. The van der Waals surface area contributed by atoms with Gasteiger partial charge in [0.1, 0.15) is 5.82 Å². The second-order valence-corrected chi connectivity index (χ2v) is 7.30. The highest BCUT2D eigenvalue weighted by Gasteiger charge is 2.21. The van der Waals surface area contributed by atoms with Crippen molar-refractivity contribution < 1.29 is 4.79 Å². The van der Waals surface area contributed by atoms with E-state index in [9.17, 15) is 4.79 Å². The summed E-state index contributed by atoms with van der Waals surface area (Å²) in [6, 6.07) is 10.00.